The minimum atomic E-state index is -1.99. The van der Waals surface area contributed by atoms with Crippen LogP contribution in [0.15, 0.2) is 97.6 Å². The van der Waals surface area contributed by atoms with Gasteiger partial charge in [0.15, 0.2) is 17.1 Å². The Kier molecular flexibility index (Phi) is 8.37. The van der Waals surface area contributed by atoms with Crippen LogP contribution in [0.3, 0.4) is 0 Å². The van der Waals surface area contributed by atoms with Crippen LogP contribution in [-0.2, 0) is 35.1 Å². The molecule has 1 amide bonds. The Bertz CT molecular complexity index is 1590. The Labute approximate surface area is 267 Å². The number of esters is 1. The summed E-state index contributed by atoms with van der Waals surface area (Å²) in [6.45, 7) is 7.60. The summed E-state index contributed by atoms with van der Waals surface area (Å²) in [6, 6.07) is 23.5. The molecule has 6 atom stereocenters. The number of anilines is 1. The summed E-state index contributed by atoms with van der Waals surface area (Å²) in [5.41, 5.74) is -5.63. The molecule has 3 heterocycles. The van der Waals surface area contributed by atoms with E-state index in [1.807, 2.05) is 38.1 Å². The molecule has 0 unspecified atom stereocenters. The Morgan fingerprint density at radius 3 is 2.35 bits per heavy atom. The number of carbonyl (C=O) groups is 2. The van der Waals surface area contributed by atoms with E-state index >= 15 is 0 Å². The van der Waals surface area contributed by atoms with E-state index in [2.05, 4.69) is 11.9 Å². The first-order chi connectivity index (χ1) is 22.1. The molecular formula is C36H39FN2O7. The Morgan fingerprint density at radius 2 is 1.72 bits per heavy atom. The maximum atomic E-state index is 14.8. The lowest BCUT2D eigenvalue weighted by Crippen LogP contribution is -2.70. The molecule has 3 saturated heterocycles. The van der Waals surface area contributed by atoms with Crippen LogP contribution >= 0.6 is 0 Å². The van der Waals surface area contributed by atoms with Gasteiger partial charge in [0.05, 0.1) is 18.6 Å². The first-order valence-electron chi connectivity index (χ1n) is 15.6. The van der Waals surface area contributed by atoms with Gasteiger partial charge in [0.2, 0.25) is 5.60 Å². The maximum absolute atomic E-state index is 14.8. The number of hydrogen-bond acceptors (Lipinski definition) is 8. The van der Waals surface area contributed by atoms with Crippen molar-refractivity contribution in [1.82, 2.24) is 4.90 Å². The zero-order chi connectivity index (χ0) is 32.7. The molecule has 3 aromatic rings. The van der Waals surface area contributed by atoms with Gasteiger partial charge in [0.1, 0.15) is 12.4 Å². The van der Waals surface area contributed by atoms with Crippen molar-refractivity contribution in [3.8, 4) is 0 Å². The molecule has 9 nitrogen and oxygen atoms in total. The van der Waals surface area contributed by atoms with Crippen molar-refractivity contribution >= 4 is 17.6 Å². The fourth-order valence-corrected chi connectivity index (χ4v) is 7.62. The van der Waals surface area contributed by atoms with Crippen LogP contribution in [0.4, 0.5) is 10.1 Å². The zero-order valence-corrected chi connectivity index (χ0v) is 25.9. The lowest BCUT2D eigenvalue weighted by molar-refractivity contribution is -0.327. The third-order valence-electron chi connectivity index (χ3n) is 9.43. The molecule has 3 N–H and O–H groups in total. The monoisotopic (exact) mass is 630 g/mol. The second-order valence-electron chi connectivity index (χ2n) is 12.4. The van der Waals surface area contributed by atoms with E-state index in [1.54, 1.807) is 41.3 Å². The molecule has 46 heavy (non-hydrogen) atoms. The molecule has 6 rings (SSSR count). The average molecular weight is 631 g/mol. The van der Waals surface area contributed by atoms with Crippen LogP contribution in [0.5, 0.6) is 0 Å². The zero-order valence-electron chi connectivity index (χ0n) is 25.9. The summed E-state index contributed by atoms with van der Waals surface area (Å²) in [4.78, 5) is 28.8. The van der Waals surface area contributed by atoms with Crippen LogP contribution in [0.25, 0.3) is 0 Å². The van der Waals surface area contributed by atoms with Crippen molar-refractivity contribution < 1.29 is 38.4 Å². The quantitative estimate of drug-likeness (QED) is 0.160. The van der Waals surface area contributed by atoms with Gasteiger partial charge in [0.25, 0.3) is 5.91 Å². The highest BCUT2D eigenvalue weighted by atomic mass is 19.1. The van der Waals surface area contributed by atoms with Crippen LogP contribution in [0, 0.1) is 11.7 Å². The largest absolute Gasteiger partial charge is 0.461 e. The van der Waals surface area contributed by atoms with Crippen LogP contribution in [0.1, 0.15) is 44.2 Å². The number of aliphatic hydroxyl groups excluding tert-OH is 1. The number of para-hydroxylation sites is 1. The first-order valence-corrected chi connectivity index (χ1v) is 15.6. The molecule has 10 heteroatoms. The molecule has 0 radical (unpaired) electrons. The third-order valence-corrected chi connectivity index (χ3v) is 9.43. The molecule has 0 saturated carbocycles. The number of morpholine rings is 1. The van der Waals surface area contributed by atoms with E-state index in [0.29, 0.717) is 23.2 Å². The second-order valence-corrected chi connectivity index (χ2v) is 12.4. The number of nitrogens with one attached hydrogen (secondary N) is 1. The first kappa shape index (κ1) is 32.0. The third kappa shape index (κ3) is 4.62. The maximum Gasteiger partial charge on any atom is 0.308 e. The van der Waals surface area contributed by atoms with Gasteiger partial charge in [0, 0.05) is 24.2 Å². The second kappa shape index (κ2) is 12.0. The molecule has 3 aromatic carbocycles. The lowest BCUT2D eigenvalue weighted by atomic mass is 9.73. The molecule has 0 aliphatic carbocycles. The predicted octanol–water partition coefficient (Wildman–Crippen LogP) is 4.60. The van der Waals surface area contributed by atoms with E-state index in [-0.39, 0.29) is 26.0 Å². The number of epoxide rings is 1. The number of aliphatic hydroxyl groups is 2. The minimum Gasteiger partial charge on any atom is -0.461 e. The van der Waals surface area contributed by atoms with Gasteiger partial charge in [-0.2, -0.15) is 0 Å². The molecule has 3 fully saturated rings. The van der Waals surface area contributed by atoms with E-state index < -0.39 is 58.5 Å². The van der Waals surface area contributed by atoms with Gasteiger partial charge in [-0.1, -0.05) is 87.2 Å². The number of rotatable bonds is 11. The number of halogens is 1. The number of ether oxygens (including phenoxy) is 3. The van der Waals surface area contributed by atoms with Crippen molar-refractivity contribution in [2.24, 2.45) is 5.92 Å². The number of benzene rings is 3. The lowest BCUT2D eigenvalue weighted by Gasteiger charge is -2.55. The van der Waals surface area contributed by atoms with Crippen LogP contribution in [-0.4, -0.2) is 63.7 Å². The topological polar surface area (TPSA) is 121 Å². The number of carbonyl (C=O) groups excluding carboxylic acids is 2. The summed E-state index contributed by atoms with van der Waals surface area (Å²) in [5, 5.41) is 27.1. The highest BCUT2D eigenvalue weighted by molar-refractivity contribution is 6.03. The molecule has 3 aliphatic rings. The van der Waals surface area contributed by atoms with Gasteiger partial charge >= 0.3 is 5.97 Å². The Hall–Kier alpha value is -3.93. The molecule has 0 aromatic heterocycles. The fourth-order valence-electron chi connectivity index (χ4n) is 7.62. The van der Waals surface area contributed by atoms with Crippen molar-refractivity contribution in [2.75, 3.05) is 18.5 Å². The van der Waals surface area contributed by atoms with Gasteiger partial charge < -0.3 is 29.7 Å². The van der Waals surface area contributed by atoms with Gasteiger partial charge in [-0.15, -0.1) is 0 Å². The van der Waals surface area contributed by atoms with Crippen LogP contribution in [0.2, 0.25) is 0 Å². The van der Waals surface area contributed by atoms with E-state index in [0.717, 1.165) is 0 Å². The smallest absolute Gasteiger partial charge is 0.308 e. The molecule has 0 spiro atoms. The van der Waals surface area contributed by atoms with Crippen molar-refractivity contribution in [1.29, 1.82) is 0 Å². The number of fused-ring (bicyclic) bond motifs is 3. The number of nitrogens with zero attached hydrogens (tertiary/aromatic N) is 1. The van der Waals surface area contributed by atoms with Crippen molar-refractivity contribution in [3.05, 3.63) is 115 Å². The highest BCUT2D eigenvalue weighted by Crippen LogP contribution is 2.79. The normalized spacial score (nSPS) is 30.6. The summed E-state index contributed by atoms with van der Waals surface area (Å²) in [5.74, 6) is -2.02. The Morgan fingerprint density at radius 1 is 1.07 bits per heavy atom. The highest BCUT2D eigenvalue weighted by Gasteiger charge is 2.99. The summed E-state index contributed by atoms with van der Waals surface area (Å²) in [7, 11) is 0. The Balaban J connectivity index is 1.50. The fraction of sp³-hybridized carbons (Fsp3) is 0.389. The predicted molar refractivity (Wildman–Crippen MR) is 167 cm³/mol. The number of amides is 1. The summed E-state index contributed by atoms with van der Waals surface area (Å²) in [6.07, 6.45) is -0.0472. The van der Waals surface area contributed by atoms with Gasteiger partial charge in [-0.05, 0) is 42.2 Å². The SMILES string of the molecule is C=CCOC(=O)C[C@@H](O)C[C@H]1CCN2[C@@](O)(c3ccc(F)cc3)[C@]3(c4ccccc4)O[C@]3(C(=O)Nc3ccccc3)[C@@]2(C(C)C)O1. The molecule has 3 aliphatic heterocycles. The average Bonchev–Trinajstić information content (AvgIpc) is 3.74. The van der Waals surface area contributed by atoms with Crippen LogP contribution < -0.4 is 5.32 Å². The molecule has 242 valence electrons. The molecular weight excluding hydrogens is 591 g/mol. The van der Waals surface area contributed by atoms with Gasteiger partial charge in [-0.25, -0.2) is 9.29 Å². The van der Waals surface area contributed by atoms with Crippen molar-refractivity contribution in [3.63, 3.8) is 0 Å². The molecule has 0 bridgehead atoms. The summed E-state index contributed by atoms with van der Waals surface area (Å²) < 4.78 is 33.1. The standard InChI is InChI=1S/C36H39FN2O7/c1-4-21-44-31(41)23-29(40)22-30-19-20-39-35(43,26-15-17-27(37)18-16-26)33(25-11-7-5-8-12-25)34(46-33,36(39,45-30)24(2)3)32(42)38-28-13-9-6-10-14-28/h4-18,24,29-30,40,43H,1,19-23H2,2-3H3,(H,38,42)/t29-,30+,33+,34-,35+,36+/m0/s1. The van der Waals surface area contributed by atoms with Gasteiger partial charge in [-0.3, -0.25) is 9.59 Å². The van der Waals surface area contributed by atoms with E-state index in [4.69, 9.17) is 14.2 Å². The van der Waals surface area contributed by atoms with E-state index in [9.17, 15) is 24.2 Å². The van der Waals surface area contributed by atoms with E-state index in [1.165, 1.54) is 30.3 Å². The van der Waals surface area contributed by atoms with Crippen molar-refractivity contribution in [2.45, 2.75) is 68.0 Å². The minimum absolute atomic E-state index is 0.0385. The summed E-state index contributed by atoms with van der Waals surface area (Å²) >= 11 is 0. The number of hydrogen-bond donors (Lipinski definition) is 3.